The molecule has 1 fully saturated rings. The number of nitrogens with zero attached hydrogens (tertiary/aromatic N) is 6. The second kappa shape index (κ2) is 8.99. The van der Waals surface area contributed by atoms with Crippen molar-refractivity contribution in [1.82, 2.24) is 29.6 Å². The molecule has 166 valence electrons. The third-order valence-corrected chi connectivity index (χ3v) is 6.13. The van der Waals surface area contributed by atoms with Gasteiger partial charge in [-0.25, -0.2) is 9.97 Å². The average Bonchev–Trinajstić information content (AvgIpc) is 3.40. The van der Waals surface area contributed by atoms with Crippen LogP contribution in [0.25, 0.3) is 16.8 Å². The minimum Gasteiger partial charge on any atom is -0.368 e. The number of anilines is 1. The molecule has 5 rings (SSSR count). The first-order valence-corrected chi connectivity index (χ1v) is 11.1. The van der Waals surface area contributed by atoms with Gasteiger partial charge >= 0.3 is 0 Å². The van der Waals surface area contributed by atoms with Gasteiger partial charge in [0, 0.05) is 34.6 Å². The highest BCUT2D eigenvalue weighted by atomic mass is 35.5. The molecule has 9 heteroatoms. The smallest absolute Gasteiger partial charge is 0.254 e. The summed E-state index contributed by atoms with van der Waals surface area (Å²) in [5.74, 6) is 0.143. The molecule has 3 heterocycles. The van der Waals surface area contributed by atoms with Gasteiger partial charge in [-0.15, -0.1) is 10.2 Å². The van der Waals surface area contributed by atoms with Crippen LogP contribution in [0.3, 0.4) is 0 Å². The third kappa shape index (κ3) is 4.29. The Labute approximate surface area is 196 Å². The van der Waals surface area contributed by atoms with Crippen LogP contribution in [0.4, 0.5) is 5.95 Å². The summed E-state index contributed by atoms with van der Waals surface area (Å²) in [6.07, 6.45) is 7.67. The Bertz CT molecular complexity index is 1270. The zero-order valence-corrected chi connectivity index (χ0v) is 18.6. The highest BCUT2D eigenvalue weighted by Crippen LogP contribution is 2.37. The van der Waals surface area contributed by atoms with Crippen molar-refractivity contribution in [2.45, 2.75) is 25.3 Å². The molecule has 1 amide bonds. The zero-order valence-electron chi connectivity index (χ0n) is 17.8. The molecule has 0 radical (unpaired) electrons. The lowest BCUT2D eigenvalue weighted by Crippen LogP contribution is -2.39. The number of hydrogen-bond donors (Lipinski definition) is 1. The van der Waals surface area contributed by atoms with Gasteiger partial charge in [-0.1, -0.05) is 29.8 Å². The first kappa shape index (κ1) is 21.1. The summed E-state index contributed by atoms with van der Waals surface area (Å²) >= 11 is 6.08. The van der Waals surface area contributed by atoms with Gasteiger partial charge in [0.05, 0.1) is 11.7 Å². The summed E-state index contributed by atoms with van der Waals surface area (Å²) in [6.45, 7) is 0.643. The number of nitrogen functional groups attached to an aromatic ring is 1. The maximum Gasteiger partial charge on any atom is 0.254 e. The van der Waals surface area contributed by atoms with Gasteiger partial charge in [0.25, 0.3) is 5.91 Å². The van der Waals surface area contributed by atoms with E-state index >= 15 is 0 Å². The predicted octanol–water partition coefficient (Wildman–Crippen LogP) is 4.33. The van der Waals surface area contributed by atoms with E-state index < -0.39 is 0 Å². The minimum absolute atomic E-state index is 0.0473. The Kier molecular flexibility index (Phi) is 5.75. The van der Waals surface area contributed by atoms with E-state index in [2.05, 4.69) is 20.2 Å². The normalized spacial score (nSPS) is 16.0. The Morgan fingerprint density at radius 1 is 1.06 bits per heavy atom. The summed E-state index contributed by atoms with van der Waals surface area (Å²) in [4.78, 5) is 24.4. The SMILES string of the molecule is Nc1ncc(-c2ccc(Cl)cc2)c([C@H]2CCCCN2C(=O)c2cccc(-n3cnnc3)c2)n1. The van der Waals surface area contributed by atoms with E-state index in [1.165, 1.54) is 0 Å². The maximum atomic E-state index is 13.7. The van der Waals surface area contributed by atoms with Gasteiger partial charge in [0.15, 0.2) is 0 Å². The van der Waals surface area contributed by atoms with E-state index in [9.17, 15) is 4.79 Å². The van der Waals surface area contributed by atoms with Crippen LogP contribution >= 0.6 is 11.6 Å². The molecule has 1 aliphatic rings. The van der Waals surface area contributed by atoms with Crippen molar-refractivity contribution in [3.05, 3.63) is 83.7 Å². The van der Waals surface area contributed by atoms with Crippen LogP contribution in [-0.2, 0) is 0 Å². The fourth-order valence-corrected chi connectivity index (χ4v) is 4.40. The second-order valence-electron chi connectivity index (χ2n) is 7.96. The molecule has 0 unspecified atom stereocenters. The number of nitrogens with two attached hydrogens (primary N) is 1. The van der Waals surface area contributed by atoms with Crippen LogP contribution in [0.15, 0.2) is 67.4 Å². The van der Waals surface area contributed by atoms with Crippen molar-refractivity contribution in [1.29, 1.82) is 0 Å². The van der Waals surface area contributed by atoms with E-state index in [0.29, 0.717) is 17.1 Å². The van der Waals surface area contributed by atoms with Crippen LogP contribution in [0.2, 0.25) is 5.02 Å². The number of piperidine rings is 1. The summed E-state index contributed by atoms with van der Waals surface area (Å²) in [5, 5.41) is 8.35. The van der Waals surface area contributed by atoms with Gasteiger partial charge in [0.2, 0.25) is 5.95 Å². The van der Waals surface area contributed by atoms with Crippen molar-refractivity contribution in [3.63, 3.8) is 0 Å². The number of carbonyl (C=O) groups is 1. The lowest BCUT2D eigenvalue weighted by molar-refractivity contribution is 0.0607. The molecule has 2 N–H and O–H groups in total. The van der Waals surface area contributed by atoms with E-state index in [1.54, 1.807) is 23.4 Å². The molecule has 1 saturated heterocycles. The molecule has 0 spiro atoms. The molecule has 0 bridgehead atoms. The molecular formula is C24H22ClN7O. The lowest BCUT2D eigenvalue weighted by Gasteiger charge is -2.36. The van der Waals surface area contributed by atoms with Gasteiger partial charge in [-0.3, -0.25) is 9.36 Å². The topological polar surface area (TPSA) is 103 Å². The van der Waals surface area contributed by atoms with Crippen molar-refractivity contribution < 1.29 is 4.79 Å². The fraction of sp³-hybridized carbons (Fsp3) is 0.208. The Hall–Kier alpha value is -3.78. The standard InChI is InChI=1S/C24H22ClN7O/c25-18-9-7-16(8-10-18)20-13-27-24(26)30-22(20)21-6-1-2-11-32(21)23(33)17-4-3-5-19(12-17)31-14-28-29-15-31/h3-5,7-10,12-15,21H,1-2,6,11H2,(H2,26,27,30)/t21-/m1/s1. The molecular weight excluding hydrogens is 438 g/mol. The molecule has 2 aromatic carbocycles. The first-order valence-electron chi connectivity index (χ1n) is 10.7. The molecule has 0 aliphatic carbocycles. The third-order valence-electron chi connectivity index (χ3n) is 5.88. The second-order valence-corrected chi connectivity index (χ2v) is 8.40. The average molecular weight is 460 g/mol. The van der Waals surface area contributed by atoms with Crippen LogP contribution in [0, 0.1) is 0 Å². The number of halogens is 1. The first-order chi connectivity index (χ1) is 16.1. The van der Waals surface area contributed by atoms with E-state index in [1.807, 2.05) is 53.4 Å². The molecule has 1 aliphatic heterocycles. The Morgan fingerprint density at radius 3 is 2.64 bits per heavy atom. The van der Waals surface area contributed by atoms with Crippen LogP contribution in [-0.4, -0.2) is 42.1 Å². The van der Waals surface area contributed by atoms with E-state index in [0.717, 1.165) is 41.8 Å². The fourth-order valence-electron chi connectivity index (χ4n) is 4.27. The quantitative estimate of drug-likeness (QED) is 0.487. The monoisotopic (exact) mass is 459 g/mol. The molecule has 0 saturated carbocycles. The number of rotatable bonds is 4. The number of hydrogen-bond acceptors (Lipinski definition) is 6. The Morgan fingerprint density at radius 2 is 1.85 bits per heavy atom. The van der Waals surface area contributed by atoms with Crippen LogP contribution in [0.5, 0.6) is 0 Å². The number of carbonyl (C=O) groups excluding carboxylic acids is 1. The highest BCUT2D eigenvalue weighted by Gasteiger charge is 2.32. The molecule has 2 aromatic heterocycles. The van der Waals surface area contributed by atoms with Crippen molar-refractivity contribution in [2.75, 3.05) is 12.3 Å². The maximum absolute atomic E-state index is 13.7. The number of benzene rings is 2. The number of amides is 1. The summed E-state index contributed by atoms with van der Waals surface area (Å²) in [6, 6.07) is 14.8. The molecule has 8 nitrogen and oxygen atoms in total. The number of aromatic nitrogens is 5. The summed E-state index contributed by atoms with van der Waals surface area (Å²) in [5.41, 5.74) is 9.95. The number of likely N-dealkylation sites (tertiary alicyclic amines) is 1. The predicted molar refractivity (Wildman–Crippen MR) is 126 cm³/mol. The highest BCUT2D eigenvalue weighted by molar-refractivity contribution is 6.30. The molecule has 4 aromatic rings. The van der Waals surface area contributed by atoms with Gasteiger partial charge < -0.3 is 10.6 Å². The van der Waals surface area contributed by atoms with E-state index in [-0.39, 0.29) is 17.9 Å². The molecule has 1 atom stereocenters. The van der Waals surface area contributed by atoms with Gasteiger partial charge in [0.1, 0.15) is 12.7 Å². The van der Waals surface area contributed by atoms with Crippen molar-refractivity contribution >= 4 is 23.5 Å². The van der Waals surface area contributed by atoms with Crippen molar-refractivity contribution in [3.8, 4) is 16.8 Å². The van der Waals surface area contributed by atoms with Gasteiger partial charge in [-0.2, -0.15) is 0 Å². The summed E-state index contributed by atoms with van der Waals surface area (Å²) in [7, 11) is 0. The largest absolute Gasteiger partial charge is 0.368 e. The van der Waals surface area contributed by atoms with Crippen LogP contribution in [0.1, 0.15) is 41.4 Å². The van der Waals surface area contributed by atoms with E-state index in [4.69, 9.17) is 17.3 Å². The Balaban J connectivity index is 1.53. The van der Waals surface area contributed by atoms with Crippen molar-refractivity contribution in [2.24, 2.45) is 0 Å². The minimum atomic E-state index is -0.208. The molecule has 33 heavy (non-hydrogen) atoms. The zero-order chi connectivity index (χ0) is 22.8. The van der Waals surface area contributed by atoms with Crippen LogP contribution < -0.4 is 5.73 Å². The summed E-state index contributed by atoms with van der Waals surface area (Å²) < 4.78 is 1.77. The van der Waals surface area contributed by atoms with Gasteiger partial charge in [-0.05, 0) is 55.2 Å². The lowest BCUT2D eigenvalue weighted by atomic mass is 9.93.